The van der Waals surface area contributed by atoms with Gasteiger partial charge in [-0.15, -0.1) is 0 Å². The lowest BCUT2D eigenvalue weighted by Gasteiger charge is -2.11. The predicted molar refractivity (Wildman–Crippen MR) is 113 cm³/mol. The van der Waals surface area contributed by atoms with Gasteiger partial charge in [0.05, 0.1) is 6.57 Å². The molecule has 6 heteroatoms. The molecule has 0 spiro atoms. The Balaban J connectivity index is 1.91. The molecule has 2 aromatic carbocycles. The monoisotopic (exact) mass is 411 g/mol. The average molecular weight is 412 g/mol. The van der Waals surface area contributed by atoms with E-state index in [1.807, 2.05) is 28.8 Å². The summed E-state index contributed by atoms with van der Waals surface area (Å²) in [6.07, 6.45) is 3.56. The van der Waals surface area contributed by atoms with Crippen molar-refractivity contribution in [3.05, 3.63) is 81.1 Å². The first kappa shape index (κ1) is 20.1. The molecule has 0 saturated carbocycles. The number of nitrogens with zero attached hydrogens (tertiary/aromatic N) is 3. The van der Waals surface area contributed by atoms with Crippen LogP contribution >= 0.6 is 23.2 Å². The Labute approximate surface area is 174 Å². The Morgan fingerprint density at radius 2 is 1.93 bits per heavy atom. The molecule has 3 rings (SSSR count). The fourth-order valence-corrected chi connectivity index (χ4v) is 3.52. The van der Waals surface area contributed by atoms with Crippen molar-refractivity contribution in [1.29, 1.82) is 0 Å². The normalized spacial score (nSPS) is 10.6. The third-order valence-corrected chi connectivity index (χ3v) is 5.10. The third-order valence-electron chi connectivity index (χ3n) is 4.59. The second-order valence-corrected chi connectivity index (χ2v) is 7.28. The van der Waals surface area contributed by atoms with Crippen LogP contribution in [0.3, 0.4) is 0 Å². The van der Waals surface area contributed by atoms with E-state index >= 15 is 0 Å². The highest BCUT2D eigenvalue weighted by Crippen LogP contribution is 2.33. The Hall–Kier alpha value is -2.61. The average Bonchev–Trinajstić information content (AvgIpc) is 3.01. The van der Waals surface area contributed by atoms with Gasteiger partial charge in [-0.1, -0.05) is 72.9 Å². The van der Waals surface area contributed by atoms with Crippen molar-refractivity contribution in [2.75, 3.05) is 0 Å². The lowest BCUT2D eigenvalue weighted by molar-refractivity contribution is 0.111. The molecule has 0 unspecified atom stereocenters. The van der Waals surface area contributed by atoms with E-state index in [9.17, 15) is 4.79 Å². The molecule has 4 nitrogen and oxygen atoms in total. The van der Waals surface area contributed by atoms with E-state index in [-0.39, 0.29) is 5.15 Å². The standard InChI is InChI=1S/C22H19Cl2N3O/c1-3-4-5-21-26-22(24)20(14-28)27(21)13-15-6-8-16(9-7-15)18-12-17(23)10-11-19(18)25-2/h6-12,14H,3-5,13H2,1H3. The number of hydrogen-bond donors (Lipinski definition) is 0. The summed E-state index contributed by atoms with van der Waals surface area (Å²) in [5.74, 6) is 0.822. The van der Waals surface area contributed by atoms with Gasteiger partial charge >= 0.3 is 0 Å². The van der Waals surface area contributed by atoms with Crippen LogP contribution in [0.1, 0.15) is 41.6 Å². The molecular weight excluding hydrogens is 393 g/mol. The molecule has 142 valence electrons. The van der Waals surface area contributed by atoms with Crippen LogP contribution in [0, 0.1) is 6.57 Å². The van der Waals surface area contributed by atoms with E-state index in [1.54, 1.807) is 18.2 Å². The molecule has 0 aliphatic rings. The van der Waals surface area contributed by atoms with Crippen molar-refractivity contribution in [1.82, 2.24) is 9.55 Å². The summed E-state index contributed by atoms with van der Waals surface area (Å²) in [6.45, 7) is 9.97. The second-order valence-electron chi connectivity index (χ2n) is 6.48. The van der Waals surface area contributed by atoms with Gasteiger partial charge in [-0.2, -0.15) is 0 Å². The highest BCUT2D eigenvalue weighted by atomic mass is 35.5. The number of hydrogen-bond acceptors (Lipinski definition) is 2. The van der Waals surface area contributed by atoms with Crippen molar-refractivity contribution < 1.29 is 4.79 Å². The van der Waals surface area contributed by atoms with Crippen LogP contribution in [0.4, 0.5) is 5.69 Å². The number of unbranched alkanes of at least 4 members (excludes halogenated alkanes) is 1. The van der Waals surface area contributed by atoms with Crippen LogP contribution in [0.5, 0.6) is 0 Å². The zero-order valence-electron chi connectivity index (χ0n) is 15.5. The van der Waals surface area contributed by atoms with E-state index in [1.165, 1.54) is 0 Å². The summed E-state index contributed by atoms with van der Waals surface area (Å²) in [5.41, 5.74) is 3.70. The molecule has 3 aromatic rings. The Kier molecular flexibility index (Phi) is 6.51. The van der Waals surface area contributed by atoms with Crippen LogP contribution in [-0.2, 0) is 13.0 Å². The molecule has 0 radical (unpaired) electrons. The van der Waals surface area contributed by atoms with Crippen molar-refractivity contribution in [3.63, 3.8) is 0 Å². The first-order valence-corrected chi connectivity index (χ1v) is 9.79. The number of carbonyl (C=O) groups excluding carboxylic acids is 1. The van der Waals surface area contributed by atoms with Gasteiger partial charge in [-0.25, -0.2) is 9.83 Å². The molecule has 1 heterocycles. The number of carbonyl (C=O) groups is 1. The predicted octanol–water partition coefficient (Wildman–Crippen LogP) is 6.61. The number of aryl methyl sites for hydroxylation is 1. The molecule has 0 aliphatic heterocycles. The smallest absolute Gasteiger partial charge is 0.195 e. The Morgan fingerprint density at radius 1 is 1.18 bits per heavy atom. The number of aromatic nitrogens is 2. The summed E-state index contributed by atoms with van der Waals surface area (Å²) in [7, 11) is 0. The maximum Gasteiger partial charge on any atom is 0.195 e. The van der Waals surface area contributed by atoms with Gasteiger partial charge in [-0.3, -0.25) is 4.79 Å². The van der Waals surface area contributed by atoms with Crippen molar-refractivity contribution in [3.8, 4) is 11.1 Å². The van der Waals surface area contributed by atoms with Gasteiger partial charge in [0, 0.05) is 18.0 Å². The molecule has 0 aliphatic carbocycles. The summed E-state index contributed by atoms with van der Waals surface area (Å²) in [6, 6.07) is 13.1. The van der Waals surface area contributed by atoms with Crippen molar-refractivity contribution in [2.45, 2.75) is 32.7 Å². The highest BCUT2D eigenvalue weighted by Gasteiger charge is 2.15. The van der Waals surface area contributed by atoms with Gasteiger partial charge in [0.2, 0.25) is 0 Å². The zero-order chi connectivity index (χ0) is 20.1. The highest BCUT2D eigenvalue weighted by molar-refractivity contribution is 6.31. The molecule has 0 bridgehead atoms. The minimum absolute atomic E-state index is 0.248. The lowest BCUT2D eigenvalue weighted by atomic mass is 10.0. The maximum atomic E-state index is 11.5. The molecule has 0 fully saturated rings. The van der Waals surface area contributed by atoms with Crippen LogP contribution in [0.25, 0.3) is 16.0 Å². The van der Waals surface area contributed by atoms with E-state index in [0.29, 0.717) is 22.9 Å². The summed E-state index contributed by atoms with van der Waals surface area (Å²) in [5, 5.41) is 0.842. The summed E-state index contributed by atoms with van der Waals surface area (Å²) < 4.78 is 1.88. The van der Waals surface area contributed by atoms with Gasteiger partial charge in [0.15, 0.2) is 17.1 Å². The Bertz CT molecular complexity index is 1030. The molecule has 28 heavy (non-hydrogen) atoms. The SMILES string of the molecule is [C-]#[N+]c1ccc(Cl)cc1-c1ccc(Cn2c(CCCC)nc(Cl)c2C=O)cc1. The van der Waals surface area contributed by atoms with Crippen LogP contribution in [-0.4, -0.2) is 15.8 Å². The van der Waals surface area contributed by atoms with Crippen LogP contribution in [0.15, 0.2) is 42.5 Å². The zero-order valence-corrected chi connectivity index (χ0v) is 17.0. The fourth-order valence-electron chi connectivity index (χ4n) is 3.11. The van der Waals surface area contributed by atoms with E-state index in [4.69, 9.17) is 29.8 Å². The molecule has 0 atom stereocenters. The van der Waals surface area contributed by atoms with Gasteiger partial charge in [-0.05, 0) is 29.2 Å². The minimum Gasteiger partial charge on any atom is -0.320 e. The van der Waals surface area contributed by atoms with Crippen LogP contribution < -0.4 is 0 Å². The summed E-state index contributed by atoms with van der Waals surface area (Å²) >= 11 is 12.2. The lowest BCUT2D eigenvalue weighted by Crippen LogP contribution is -2.08. The summed E-state index contributed by atoms with van der Waals surface area (Å²) in [4.78, 5) is 19.4. The number of aldehydes is 1. The topological polar surface area (TPSA) is 39.2 Å². The molecule has 0 amide bonds. The van der Waals surface area contributed by atoms with Gasteiger partial charge in [0.25, 0.3) is 0 Å². The fraction of sp³-hybridized carbons (Fsp3) is 0.227. The molecule has 0 N–H and O–H groups in total. The van der Waals surface area contributed by atoms with E-state index in [0.717, 1.165) is 48.1 Å². The van der Waals surface area contributed by atoms with Gasteiger partial charge in [0.1, 0.15) is 11.5 Å². The third kappa shape index (κ3) is 4.27. The van der Waals surface area contributed by atoms with E-state index in [2.05, 4.69) is 16.8 Å². The number of halogens is 2. The largest absolute Gasteiger partial charge is 0.320 e. The number of imidazole rings is 1. The van der Waals surface area contributed by atoms with Crippen molar-refractivity contribution >= 4 is 35.2 Å². The minimum atomic E-state index is 0.248. The molecule has 0 saturated heterocycles. The maximum absolute atomic E-state index is 11.5. The molecule has 1 aromatic heterocycles. The first-order chi connectivity index (χ1) is 13.6. The number of benzene rings is 2. The number of rotatable bonds is 7. The van der Waals surface area contributed by atoms with Crippen LogP contribution in [0.2, 0.25) is 10.2 Å². The quantitative estimate of drug-likeness (QED) is 0.324. The second kappa shape index (κ2) is 9.05. The van der Waals surface area contributed by atoms with Crippen molar-refractivity contribution in [2.24, 2.45) is 0 Å². The first-order valence-electron chi connectivity index (χ1n) is 9.03. The van der Waals surface area contributed by atoms with Gasteiger partial charge < -0.3 is 4.57 Å². The molecular formula is C22H19Cl2N3O. The van der Waals surface area contributed by atoms with E-state index < -0.39 is 0 Å². The Morgan fingerprint density at radius 3 is 2.57 bits per heavy atom.